The number of hydrogen-bond acceptors (Lipinski definition) is 4. The first-order chi connectivity index (χ1) is 3.91. The van der Waals surface area contributed by atoms with Crippen LogP contribution in [0.5, 0.6) is 0 Å². The van der Waals surface area contributed by atoms with E-state index >= 15 is 0 Å². The molecule has 0 heterocycles. The van der Waals surface area contributed by atoms with Crippen molar-refractivity contribution in [2.75, 3.05) is 11.5 Å². The molecular weight excluding hydrogens is 231 g/mol. The van der Waals surface area contributed by atoms with Crippen LogP contribution in [0.25, 0.3) is 0 Å². The maximum absolute atomic E-state index is 4.59. The van der Waals surface area contributed by atoms with E-state index < -0.39 is 0 Å². The Hall–Kier alpha value is 1.40. The molecule has 0 aliphatic rings. The van der Waals surface area contributed by atoms with Gasteiger partial charge in [-0.1, -0.05) is 24.4 Å². The van der Waals surface area contributed by atoms with Crippen LogP contribution in [-0.4, -0.2) is 20.9 Å². The van der Waals surface area contributed by atoms with Crippen LogP contribution in [0.2, 0.25) is 0 Å². The van der Waals surface area contributed by atoms with Crippen molar-refractivity contribution in [3.05, 3.63) is 0 Å². The minimum absolute atomic E-state index is 0. The zero-order chi connectivity index (χ0) is 6.24. The van der Waals surface area contributed by atoms with Gasteiger partial charge in [0.2, 0.25) is 0 Å². The maximum Gasteiger partial charge on any atom is 0.0342 e. The van der Waals surface area contributed by atoms with Gasteiger partial charge in [-0.3, -0.25) is 0 Å². The van der Waals surface area contributed by atoms with Gasteiger partial charge in [-0.15, -0.1) is 23.5 Å². The van der Waals surface area contributed by atoms with Gasteiger partial charge in [0.1, 0.15) is 0 Å². The summed E-state index contributed by atoms with van der Waals surface area (Å²) >= 11 is 12.5. The van der Waals surface area contributed by atoms with Crippen LogP contribution < -0.4 is 0 Å². The SMILES string of the molecule is S=CSCCSC=S.[Mn]. The van der Waals surface area contributed by atoms with Gasteiger partial charge in [0.25, 0.3) is 0 Å². The molecule has 9 heavy (non-hydrogen) atoms. The molecule has 0 fully saturated rings. The number of rotatable bonds is 5. The predicted octanol–water partition coefficient (Wildman–Crippen LogP) is 2.36. The molecule has 0 nitrogen and oxygen atoms in total. The van der Waals surface area contributed by atoms with E-state index in [4.69, 9.17) is 0 Å². The molecule has 0 saturated heterocycles. The summed E-state index contributed by atoms with van der Waals surface area (Å²) in [4.78, 5) is 0. The molecule has 1 radical (unpaired) electrons. The Morgan fingerprint density at radius 3 is 1.56 bits per heavy atom. The Morgan fingerprint density at radius 1 is 1.00 bits per heavy atom. The zero-order valence-corrected chi connectivity index (χ0v) is 9.03. The van der Waals surface area contributed by atoms with E-state index in [9.17, 15) is 0 Å². The van der Waals surface area contributed by atoms with Crippen LogP contribution in [0, 0.1) is 0 Å². The number of thioether (sulfide) groups is 2. The molecule has 0 aliphatic carbocycles. The van der Waals surface area contributed by atoms with Crippen molar-refractivity contribution < 1.29 is 17.1 Å². The predicted molar refractivity (Wildman–Crippen MR) is 52.2 cm³/mol. The van der Waals surface area contributed by atoms with Crippen molar-refractivity contribution >= 4 is 57.4 Å². The summed E-state index contributed by atoms with van der Waals surface area (Å²) in [6.45, 7) is 0. The smallest absolute Gasteiger partial charge is 0.0342 e. The molecular formula is C4H6MnS4. The van der Waals surface area contributed by atoms with Crippen molar-refractivity contribution in [1.82, 2.24) is 0 Å². The van der Waals surface area contributed by atoms with Gasteiger partial charge >= 0.3 is 0 Å². The molecule has 0 aliphatic heterocycles. The van der Waals surface area contributed by atoms with Gasteiger partial charge in [-0.05, 0) is 0 Å². The molecule has 0 amide bonds. The summed E-state index contributed by atoms with van der Waals surface area (Å²) in [5.41, 5.74) is 0. The van der Waals surface area contributed by atoms with Crippen LogP contribution in [-0.2, 0) is 17.1 Å². The van der Waals surface area contributed by atoms with Gasteiger partial charge in [0.15, 0.2) is 0 Å². The van der Waals surface area contributed by atoms with E-state index in [1.165, 1.54) is 0 Å². The number of hydrogen-bond donors (Lipinski definition) is 0. The molecule has 0 N–H and O–H groups in total. The Balaban J connectivity index is 0. The van der Waals surface area contributed by atoms with Gasteiger partial charge in [-0.2, -0.15) is 0 Å². The molecule has 0 unspecified atom stereocenters. The molecule has 5 heteroatoms. The molecule has 0 atom stereocenters. The van der Waals surface area contributed by atoms with E-state index in [2.05, 4.69) is 24.4 Å². The Labute approximate surface area is 85.4 Å². The second-order valence-corrected chi connectivity index (χ2v) is 3.96. The molecule has 0 rings (SSSR count). The van der Waals surface area contributed by atoms with E-state index in [1.54, 1.807) is 32.9 Å². The van der Waals surface area contributed by atoms with Crippen LogP contribution in [0.3, 0.4) is 0 Å². The van der Waals surface area contributed by atoms with Gasteiger partial charge in [-0.25, -0.2) is 0 Å². The van der Waals surface area contributed by atoms with E-state index in [0.29, 0.717) is 0 Å². The van der Waals surface area contributed by atoms with Crippen LogP contribution in [0.1, 0.15) is 0 Å². The summed E-state index contributed by atoms with van der Waals surface area (Å²) < 4.78 is 3.37. The molecule has 0 spiro atoms. The van der Waals surface area contributed by atoms with Crippen molar-refractivity contribution in [3.8, 4) is 0 Å². The van der Waals surface area contributed by atoms with E-state index in [-0.39, 0.29) is 17.1 Å². The molecule has 0 aromatic rings. The normalized spacial score (nSPS) is 7.56. The summed E-state index contributed by atoms with van der Waals surface area (Å²) in [6, 6.07) is 0. The molecule has 0 aromatic carbocycles. The van der Waals surface area contributed by atoms with Gasteiger partial charge < -0.3 is 0 Å². The van der Waals surface area contributed by atoms with Crippen molar-refractivity contribution in [2.45, 2.75) is 0 Å². The fourth-order valence-electron chi connectivity index (χ4n) is 0.192. The third kappa shape index (κ3) is 12.6. The minimum Gasteiger partial charge on any atom is -0.122 e. The third-order valence-corrected chi connectivity index (χ3v) is 2.68. The van der Waals surface area contributed by atoms with Crippen LogP contribution in [0.15, 0.2) is 0 Å². The van der Waals surface area contributed by atoms with E-state index in [1.807, 2.05) is 0 Å². The van der Waals surface area contributed by atoms with Crippen molar-refractivity contribution in [3.63, 3.8) is 0 Å². The molecule has 0 saturated carbocycles. The monoisotopic (exact) mass is 237 g/mol. The van der Waals surface area contributed by atoms with Gasteiger partial charge in [0, 0.05) is 38.0 Å². The maximum atomic E-state index is 4.59. The quantitative estimate of drug-likeness (QED) is 0.409. The van der Waals surface area contributed by atoms with Gasteiger partial charge in [0.05, 0.1) is 0 Å². The fraction of sp³-hybridized carbons (Fsp3) is 0.500. The Kier molecular flexibility index (Phi) is 17.5. The topological polar surface area (TPSA) is 0 Å². The van der Waals surface area contributed by atoms with E-state index in [0.717, 1.165) is 11.5 Å². The first-order valence-corrected chi connectivity index (χ1v) is 5.06. The summed E-state index contributed by atoms with van der Waals surface area (Å²) in [5.74, 6) is 2.14. The largest absolute Gasteiger partial charge is 0.122 e. The molecule has 0 aromatic heterocycles. The minimum atomic E-state index is 0. The second kappa shape index (κ2) is 12.1. The first-order valence-electron chi connectivity index (χ1n) is 2.02. The average Bonchev–Trinajstić information content (AvgIpc) is 1.81. The number of thiocarbonyl (C=S) groups is 2. The zero-order valence-electron chi connectivity index (χ0n) is 4.58. The molecule has 0 bridgehead atoms. The van der Waals surface area contributed by atoms with Crippen molar-refractivity contribution in [2.24, 2.45) is 0 Å². The third-order valence-electron chi connectivity index (χ3n) is 0.455. The average molecular weight is 237 g/mol. The Bertz CT molecular complexity index is 65.0. The summed E-state index contributed by atoms with van der Waals surface area (Å²) in [6.07, 6.45) is 0. The van der Waals surface area contributed by atoms with Crippen LogP contribution >= 0.6 is 48.0 Å². The summed E-state index contributed by atoms with van der Waals surface area (Å²) in [5, 5.41) is 0. The molecule has 53 valence electrons. The Morgan fingerprint density at radius 2 is 1.33 bits per heavy atom. The second-order valence-electron chi connectivity index (χ2n) is 0.934. The standard InChI is InChI=1S/C4H6S4.Mn/c5-3-7-1-2-8-4-6;/h3-4H,1-2H2;. The van der Waals surface area contributed by atoms with Crippen molar-refractivity contribution in [1.29, 1.82) is 0 Å². The summed E-state index contributed by atoms with van der Waals surface area (Å²) in [7, 11) is 0. The first kappa shape index (κ1) is 13.0. The fourth-order valence-corrected chi connectivity index (χ4v) is 1.73. The van der Waals surface area contributed by atoms with Crippen LogP contribution in [0.4, 0.5) is 0 Å².